The summed E-state index contributed by atoms with van der Waals surface area (Å²) in [5.74, 6) is -0.0825. The second kappa shape index (κ2) is 49.4. The van der Waals surface area contributed by atoms with Crippen LogP contribution in [0.3, 0.4) is 0 Å². The van der Waals surface area contributed by atoms with Gasteiger partial charge in [-0.25, -0.2) is 0 Å². The molecule has 0 radical (unpaired) electrons. The van der Waals surface area contributed by atoms with E-state index in [2.05, 4.69) is 27.7 Å². The lowest BCUT2D eigenvalue weighted by atomic mass is 10.0. The molecule has 362 valence electrons. The van der Waals surface area contributed by atoms with Gasteiger partial charge in [0.2, 0.25) is 0 Å². The molecule has 0 spiro atoms. The van der Waals surface area contributed by atoms with Gasteiger partial charge in [-0.2, -0.15) is 0 Å². The third kappa shape index (κ3) is 49.3. The maximum atomic E-state index is 12.8. The first-order chi connectivity index (χ1) is 29.9. The van der Waals surface area contributed by atoms with Gasteiger partial charge < -0.3 is 14.2 Å². The fraction of sp³-hybridized carbons (Fsp3) is 0.945. The summed E-state index contributed by atoms with van der Waals surface area (Å²) < 4.78 is 16.8. The Bertz CT molecular complexity index is 918. The predicted octanol–water partition coefficient (Wildman–Crippen LogP) is 17.8. The minimum atomic E-state index is -0.761. The van der Waals surface area contributed by atoms with E-state index in [1.54, 1.807) is 0 Å². The molecule has 0 fully saturated rings. The van der Waals surface area contributed by atoms with Crippen molar-refractivity contribution >= 4 is 17.9 Å². The molecular weight excluding hydrogens is 757 g/mol. The van der Waals surface area contributed by atoms with Crippen LogP contribution in [-0.2, 0) is 28.6 Å². The van der Waals surface area contributed by atoms with E-state index in [1.165, 1.54) is 205 Å². The number of esters is 3. The molecule has 1 atom stereocenters. The average Bonchev–Trinajstić information content (AvgIpc) is 3.24. The summed E-state index contributed by atoms with van der Waals surface area (Å²) in [6, 6.07) is 0. The SMILES string of the molecule is CCCCCCCCCCCCCCCCCCCCC(=O)O[C@H](COC(=O)CCCCCCCCCCCCCCCCCC)COC(=O)CCCCCCCCC(C)C. The van der Waals surface area contributed by atoms with Crippen molar-refractivity contribution in [3.05, 3.63) is 0 Å². The molecule has 0 N–H and O–H groups in total. The van der Waals surface area contributed by atoms with Crippen molar-refractivity contribution in [1.29, 1.82) is 0 Å². The third-order valence-electron chi connectivity index (χ3n) is 12.5. The first-order valence-electron chi connectivity index (χ1n) is 27.4. The lowest BCUT2D eigenvalue weighted by molar-refractivity contribution is -0.167. The zero-order valence-corrected chi connectivity index (χ0v) is 41.6. The molecule has 0 aromatic rings. The maximum absolute atomic E-state index is 12.8. The Morgan fingerprint density at radius 2 is 0.541 bits per heavy atom. The van der Waals surface area contributed by atoms with Crippen molar-refractivity contribution < 1.29 is 28.6 Å². The Labute approximate surface area is 380 Å². The van der Waals surface area contributed by atoms with Gasteiger partial charge in [-0.15, -0.1) is 0 Å². The molecule has 0 aromatic heterocycles. The first-order valence-corrected chi connectivity index (χ1v) is 27.4. The van der Waals surface area contributed by atoms with E-state index in [-0.39, 0.29) is 31.1 Å². The minimum absolute atomic E-state index is 0.0633. The summed E-state index contributed by atoms with van der Waals surface area (Å²) in [6.07, 6.45) is 52.5. The highest BCUT2D eigenvalue weighted by Gasteiger charge is 2.19. The van der Waals surface area contributed by atoms with E-state index < -0.39 is 6.10 Å². The van der Waals surface area contributed by atoms with Crippen molar-refractivity contribution in [2.45, 2.75) is 316 Å². The number of unbranched alkanes of at least 4 members (excludes halogenated alkanes) is 37. The molecule has 61 heavy (non-hydrogen) atoms. The molecule has 0 amide bonds. The van der Waals surface area contributed by atoms with E-state index >= 15 is 0 Å². The van der Waals surface area contributed by atoms with Crippen LogP contribution in [0, 0.1) is 5.92 Å². The highest BCUT2D eigenvalue weighted by molar-refractivity contribution is 5.71. The normalized spacial score (nSPS) is 12.0. The molecule has 0 saturated carbocycles. The van der Waals surface area contributed by atoms with Crippen molar-refractivity contribution in [2.24, 2.45) is 5.92 Å². The molecular formula is C55H106O6. The van der Waals surface area contributed by atoms with Gasteiger partial charge in [0.05, 0.1) is 0 Å². The Balaban J connectivity index is 4.23. The van der Waals surface area contributed by atoms with Crippen LogP contribution in [0.15, 0.2) is 0 Å². The topological polar surface area (TPSA) is 78.9 Å². The molecule has 0 aliphatic rings. The van der Waals surface area contributed by atoms with Gasteiger partial charge >= 0.3 is 17.9 Å². The quantitative estimate of drug-likeness (QED) is 0.0344. The number of rotatable bonds is 50. The molecule has 6 heteroatoms. The van der Waals surface area contributed by atoms with Crippen LogP contribution in [0.2, 0.25) is 0 Å². The number of ether oxygens (including phenoxy) is 3. The minimum Gasteiger partial charge on any atom is -0.462 e. The Hall–Kier alpha value is -1.59. The van der Waals surface area contributed by atoms with E-state index in [0.717, 1.165) is 63.7 Å². The van der Waals surface area contributed by atoms with Gasteiger partial charge in [0.15, 0.2) is 6.10 Å². The van der Waals surface area contributed by atoms with Crippen LogP contribution in [0.5, 0.6) is 0 Å². The summed E-state index contributed by atoms with van der Waals surface area (Å²) in [5, 5.41) is 0. The summed E-state index contributed by atoms with van der Waals surface area (Å²) >= 11 is 0. The molecule has 6 nitrogen and oxygen atoms in total. The Morgan fingerprint density at radius 1 is 0.311 bits per heavy atom. The lowest BCUT2D eigenvalue weighted by Gasteiger charge is -2.18. The number of hydrogen-bond donors (Lipinski definition) is 0. The van der Waals surface area contributed by atoms with Crippen LogP contribution in [0.4, 0.5) is 0 Å². The average molecular weight is 863 g/mol. The predicted molar refractivity (Wildman–Crippen MR) is 261 cm³/mol. The molecule has 0 bridgehead atoms. The van der Waals surface area contributed by atoms with Crippen molar-refractivity contribution in [2.75, 3.05) is 13.2 Å². The fourth-order valence-electron chi connectivity index (χ4n) is 8.39. The van der Waals surface area contributed by atoms with Crippen molar-refractivity contribution in [1.82, 2.24) is 0 Å². The molecule has 0 heterocycles. The molecule has 0 aliphatic heterocycles. The number of carbonyl (C=O) groups excluding carboxylic acids is 3. The summed E-state index contributed by atoms with van der Waals surface area (Å²) in [7, 11) is 0. The van der Waals surface area contributed by atoms with Crippen LogP contribution in [-0.4, -0.2) is 37.2 Å². The van der Waals surface area contributed by atoms with Gasteiger partial charge in [-0.1, -0.05) is 272 Å². The van der Waals surface area contributed by atoms with E-state index in [1.807, 2.05) is 0 Å². The van der Waals surface area contributed by atoms with Crippen molar-refractivity contribution in [3.8, 4) is 0 Å². The van der Waals surface area contributed by atoms with E-state index in [0.29, 0.717) is 19.3 Å². The van der Waals surface area contributed by atoms with E-state index in [4.69, 9.17) is 14.2 Å². The molecule has 0 rings (SSSR count). The second-order valence-corrected chi connectivity index (χ2v) is 19.3. The molecule has 0 unspecified atom stereocenters. The monoisotopic (exact) mass is 863 g/mol. The van der Waals surface area contributed by atoms with Crippen molar-refractivity contribution in [3.63, 3.8) is 0 Å². The Kier molecular flexibility index (Phi) is 48.1. The van der Waals surface area contributed by atoms with Crippen LogP contribution in [0.25, 0.3) is 0 Å². The number of hydrogen-bond acceptors (Lipinski definition) is 6. The van der Waals surface area contributed by atoms with Gasteiger partial charge in [0, 0.05) is 19.3 Å². The maximum Gasteiger partial charge on any atom is 0.306 e. The van der Waals surface area contributed by atoms with Gasteiger partial charge in [0.25, 0.3) is 0 Å². The standard InChI is InChI=1S/C55H106O6/c1-5-7-9-11-13-15-17-19-21-23-24-26-28-30-32-34-40-44-48-55(58)61-52(50-60-54(57)47-43-39-36-35-37-41-45-51(3)4)49-59-53(56)46-42-38-33-31-29-27-25-22-20-18-16-14-12-10-8-6-2/h51-52H,5-50H2,1-4H3/t52-/m1/s1. The molecule has 0 saturated heterocycles. The fourth-order valence-corrected chi connectivity index (χ4v) is 8.39. The van der Waals surface area contributed by atoms with Gasteiger partial charge in [0.1, 0.15) is 13.2 Å². The lowest BCUT2D eigenvalue weighted by Crippen LogP contribution is -2.30. The number of carbonyl (C=O) groups is 3. The van der Waals surface area contributed by atoms with Gasteiger partial charge in [-0.3, -0.25) is 14.4 Å². The Morgan fingerprint density at radius 3 is 0.803 bits per heavy atom. The zero-order valence-electron chi connectivity index (χ0n) is 41.6. The second-order valence-electron chi connectivity index (χ2n) is 19.3. The van der Waals surface area contributed by atoms with Crippen LogP contribution >= 0.6 is 0 Å². The van der Waals surface area contributed by atoms with Crippen LogP contribution in [0.1, 0.15) is 310 Å². The summed E-state index contributed by atoms with van der Waals surface area (Å²) in [5.41, 5.74) is 0. The molecule has 0 aromatic carbocycles. The van der Waals surface area contributed by atoms with Crippen LogP contribution < -0.4 is 0 Å². The highest BCUT2D eigenvalue weighted by atomic mass is 16.6. The van der Waals surface area contributed by atoms with Gasteiger partial charge in [-0.05, 0) is 25.2 Å². The third-order valence-corrected chi connectivity index (χ3v) is 12.5. The molecule has 0 aliphatic carbocycles. The largest absolute Gasteiger partial charge is 0.462 e. The smallest absolute Gasteiger partial charge is 0.306 e. The first kappa shape index (κ1) is 59.4. The summed E-state index contributed by atoms with van der Waals surface area (Å²) in [6.45, 7) is 8.97. The highest BCUT2D eigenvalue weighted by Crippen LogP contribution is 2.17. The zero-order chi connectivity index (χ0) is 44.5. The summed E-state index contributed by atoms with van der Waals surface area (Å²) in [4.78, 5) is 38.0. The van der Waals surface area contributed by atoms with E-state index in [9.17, 15) is 14.4 Å².